The minimum atomic E-state index is -0.623. The predicted molar refractivity (Wildman–Crippen MR) is 124 cm³/mol. The van der Waals surface area contributed by atoms with Crippen LogP contribution in [0.1, 0.15) is 65.7 Å². The standard InChI is InChI=1S/C27H40O3/c1-18(17-28)7-5-8-19(2)24-12-13-25-21(9-6-14-27(24,25)4)10-11-22-15-23(29)16-26(30)20(22)3/h5,7-8,10-11,19,23-26,28-30H,3,6,9,12-17H2,1-2,4H3/b8-5+,18-7+,21-10+,22-11-/t19-,23-,24-,25+,26+,27-/m1/s1. The van der Waals surface area contributed by atoms with Crippen molar-refractivity contribution < 1.29 is 15.3 Å². The summed E-state index contributed by atoms with van der Waals surface area (Å²) in [4.78, 5) is 0. The molecule has 0 aromatic heterocycles. The molecule has 0 saturated heterocycles. The molecule has 0 aromatic carbocycles. The molecule has 0 spiro atoms. The van der Waals surface area contributed by atoms with Gasteiger partial charge in [-0.1, -0.05) is 56.4 Å². The Morgan fingerprint density at radius 2 is 2.03 bits per heavy atom. The van der Waals surface area contributed by atoms with Crippen LogP contribution in [-0.2, 0) is 0 Å². The van der Waals surface area contributed by atoms with E-state index in [2.05, 4.69) is 44.7 Å². The predicted octanol–water partition coefficient (Wildman–Crippen LogP) is 5.26. The third-order valence-corrected chi connectivity index (χ3v) is 7.98. The quantitative estimate of drug-likeness (QED) is 0.540. The summed E-state index contributed by atoms with van der Waals surface area (Å²) in [5.41, 5.74) is 4.62. The average Bonchev–Trinajstić information content (AvgIpc) is 3.06. The highest BCUT2D eigenvalue weighted by atomic mass is 16.3. The van der Waals surface area contributed by atoms with E-state index in [9.17, 15) is 15.3 Å². The Hall–Kier alpha value is -1.42. The van der Waals surface area contributed by atoms with Crippen molar-refractivity contribution in [2.24, 2.45) is 23.2 Å². The van der Waals surface area contributed by atoms with Crippen molar-refractivity contribution in [3.8, 4) is 0 Å². The molecule has 3 fully saturated rings. The molecule has 3 aliphatic carbocycles. The lowest BCUT2D eigenvalue weighted by atomic mass is 9.61. The second-order valence-corrected chi connectivity index (χ2v) is 10.1. The van der Waals surface area contributed by atoms with Gasteiger partial charge in [-0.05, 0) is 85.3 Å². The van der Waals surface area contributed by atoms with E-state index in [1.54, 1.807) is 0 Å². The smallest absolute Gasteiger partial charge is 0.0811 e. The van der Waals surface area contributed by atoms with Gasteiger partial charge in [0.1, 0.15) is 0 Å². The maximum Gasteiger partial charge on any atom is 0.0811 e. The molecule has 166 valence electrons. The number of aliphatic hydroxyl groups is 3. The van der Waals surface area contributed by atoms with E-state index in [0.717, 1.165) is 23.1 Å². The van der Waals surface area contributed by atoms with E-state index in [4.69, 9.17) is 0 Å². The molecule has 3 saturated carbocycles. The molecular formula is C27H40O3. The number of rotatable bonds is 5. The fourth-order valence-electron chi connectivity index (χ4n) is 6.19. The van der Waals surface area contributed by atoms with Gasteiger partial charge in [0.25, 0.3) is 0 Å². The zero-order valence-corrected chi connectivity index (χ0v) is 19.0. The molecule has 0 bridgehead atoms. The molecule has 3 aliphatic rings. The molecule has 3 heteroatoms. The first kappa shape index (κ1) is 23.2. The molecule has 3 nitrogen and oxygen atoms in total. The summed E-state index contributed by atoms with van der Waals surface area (Å²) in [6.45, 7) is 10.9. The summed E-state index contributed by atoms with van der Waals surface area (Å²) >= 11 is 0. The van der Waals surface area contributed by atoms with Crippen molar-refractivity contribution in [3.05, 3.63) is 59.3 Å². The lowest BCUT2D eigenvalue weighted by Gasteiger charge is -2.44. The molecule has 0 amide bonds. The number of allylic oxidation sites excluding steroid dienone is 6. The van der Waals surface area contributed by atoms with Gasteiger partial charge in [-0.2, -0.15) is 0 Å². The van der Waals surface area contributed by atoms with Crippen LogP contribution in [0.2, 0.25) is 0 Å². The first-order valence-electron chi connectivity index (χ1n) is 11.7. The van der Waals surface area contributed by atoms with Crippen LogP contribution in [0.4, 0.5) is 0 Å². The number of aliphatic hydroxyl groups excluding tert-OH is 3. The van der Waals surface area contributed by atoms with Gasteiger partial charge in [0.05, 0.1) is 18.8 Å². The third kappa shape index (κ3) is 4.90. The Kier molecular flexibility index (Phi) is 7.60. The highest BCUT2D eigenvalue weighted by Gasteiger charge is 2.50. The maximum absolute atomic E-state index is 10.1. The largest absolute Gasteiger partial charge is 0.393 e. The summed E-state index contributed by atoms with van der Waals surface area (Å²) in [7, 11) is 0. The molecule has 6 atom stereocenters. The van der Waals surface area contributed by atoms with E-state index in [1.165, 1.54) is 31.3 Å². The Morgan fingerprint density at radius 3 is 2.77 bits per heavy atom. The highest BCUT2D eigenvalue weighted by Crippen LogP contribution is 2.59. The van der Waals surface area contributed by atoms with Crippen LogP contribution in [-0.4, -0.2) is 34.1 Å². The number of hydrogen-bond acceptors (Lipinski definition) is 3. The van der Waals surface area contributed by atoms with Crippen LogP contribution in [0.3, 0.4) is 0 Å². The normalized spacial score (nSPS) is 39.1. The monoisotopic (exact) mass is 412 g/mol. The van der Waals surface area contributed by atoms with Gasteiger partial charge in [0.15, 0.2) is 0 Å². The lowest BCUT2D eigenvalue weighted by Crippen LogP contribution is -2.35. The molecule has 3 rings (SSSR count). The van der Waals surface area contributed by atoms with Gasteiger partial charge >= 0.3 is 0 Å². The van der Waals surface area contributed by atoms with Gasteiger partial charge in [-0.3, -0.25) is 0 Å². The van der Waals surface area contributed by atoms with E-state index in [-0.39, 0.29) is 6.61 Å². The van der Waals surface area contributed by atoms with E-state index >= 15 is 0 Å². The lowest BCUT2D eigenvalue weighted by molar-refractivity contribution is 0.0862. The topological polar surface area (TPSA) is 60.7 Å². The molecule has 3 N–H and O–H groups in total. The van der Waals surface area contributed by atoms with E-state index in [0.29, 0.717) is 36.0 Å². The van der Waals surface area contributed by atoms with Crippen molar-refractivity contribution in [1.29, 1.82) is 0 Å². The van der Waals surface area contributed by atoms with E-state index in [1.807, 2.05) is 13.0 Å². The van der Waals surface area contributed by atoms with Crippen LogP contribution in [0.5, 0.6) is 0 Å². The van der Waals surface area contributed by atoms with Gasteiger partial charge in [-0.25, -0.2) is 0 Å². The molecule has 0 aliphatic heterocycles. The first-order valence-corrected chi connectivity index (χ1v) is 11.7. The van der Waals surface area contributed by atoms with Crippen molar-refractivity contribution in [2.75, 3.05) is 6.61 Å². The molecular weight excluding hydrogens is 372 g/mol. The molecule has 0 unspecified atom stereocenters. The van der Waals surface area contributed by atoms with Crippen LogP contribution >= 0.6 is 0 Å². The fourth-order valence-corrected chi connectivity index (χ4v) is 6.19. The Balaban J connectivity index is 1.76. The first-order chi connectivity index (χ1) is 14.3. The summed E-state index contributed by atoms with van der Waals surface area (Å²) in [5, 5.41) is 29.3. The van der Waals surface area contributed by atoms with Crippen molar-refractivity contribution >= 4 is 0 Å². The van der Waals surface area contributed by atoms with Crippen molar-refractivity contribution in [3.63, 3.8) is 0 Å². The Bertz CT molecular complexity index is 756. The Morgan fingerprint density at radius 1 is 1.27 bits per heavy atom. The molecule has 0 aromatic rings. The zero-order chi connectivity index (χ0) is 21.9. The van der Waals surface area contributed by atoms with Crippen LogP contribution < -0.4 is 0 Å². The van der Waals surface area contributed by atoms with Gasteiger partial charge < -0.3 is 15.3 Å². The number of hydrogen-bond donors (Lipinski definition) is 3. The minimum Gasteiger partial charge on any atom is -0.393 e. The van der Waals surface area contributed by atoms with Crippen LogP contribution in [0.15, 0.2) is 59.3 Å². The molecule has 0 radical (unpaired) electrons. The molecule has 0 heterocycles. The highest BCUT2D eigenvalue weighted by molar-refractivity contribution is 5.38. The second kappa shape index (κ2) is 9.80. The van der Waals surface area contributed by atoms with Crippen molar-refractivity contribution in [2.45, 2.75) is 77.9 Å². The summed E-state index contributed by atoms with van der Waals surface area (Å²) in [5.74, 6) is 1.81. The molecule has 30 heavy (non-hydrogen) atoms. The number of fused-ring (bicyclic) bond motifs is 1. The SMILES string of the molecule is C=C1/C(=C\C=C2/CCC[C@]3(C)[C@@H]([C@H](C)/C=C/C=C(\C)CO)CC[C@@H]23)C[C@@H](O)C[C@@H]1O. The minimum absolute atomic E-state index is 0.117. The summed E-state index contributed by atoms with van der Waals surface area (Å²) in [6, 6.07) is 0. The summed E-state index contributed by atoms with van der Waals surface area (Å²) in [6.07, 6.45) is 16.9. The van der Waals surface area contributed by atoms with E-state index < -0.39 is 12.2 Å². The van der Waals surface area contributed by atoms with Crippen LogP contribution in [0, 0.1) is 23.2 Å². The second-order valence-electron chi connectivity index (χ2n) is 10.1. The maximum atomic E-state index is 10.1. The third-order valence-electron chi connectivity index (χ3n) is 7.98. The van der Waals surface area contributed by atoms with Gasteiger partial charge in [0.2, 0.25) is 0 Å². The van der Waals surface area contributed by atoms with Crippen LogP contribution in [0.25, 0.3) is 0 Å². The Labute approximate surface area is 182 Å². The summed E-state index contributed by atoms with van der Waals surface area (Å²) < 4.78 is 0. The fraction of sp³-hybridized carbons (Fsp3) is 0.630. The zero-order valence-electron chi connectivity index (χ0n) is 19.0. The van der Waals surface area contributed by atoms with Gasteiger partial charge in [0, 0.05) is 6.42 Å². The van der Waals surface area contributed by atoms with Gasteiger partial charge in [-0.15, -0.1) is 0 Å². The van der Waals surface area contributed by atoms with Crippen molar-refractivity contribution in [1.82, 2.24) is 0 Å². The average molecular weight is 413 g/mol.